The van der Waals surface area contributed by atoms with Crippen molar-refractivity contribution in [2.45, 2.75) is 6.92 Å². The number of nitrogens with one attached hydrogen (secondary N) is 2. The van der Waals surface area contributed by atoms with Gasteiger partial charge in [0.2, 0.25) is 10.0 Å². The van der Waals surface area contributed by atoms with Gasteiger partial charge in [0.05, 0.1) is 11.8 Å². The first kappa shape index (κ1) is 14.5. The van der Waals surface area contributed by atoms with Crippen LogP contribution in [0.4, 0.5) is 0 Å². The summed E-state index contributed by atoms with van der Waals surface area (Å²) in [6.45, 7) is 1.95. The zero-order valence-corrected chi connectivity index (χ0v) is 11.0. The second-order valence-electron chi connectivity index (χ2n) is 3.89. The summed E-state index contributed by atoms with van der Waals surface area (Å²) in [4.78, 5) is 11.7. The van der Waals surface area contributed by atoms with E-state index in [2.05, 4.69) is 10.0 Å². The molecule has 3 N–H and O–H groups in total. The van der Waals surface area contributed by atoms with Crippen LogP contribution in [-0.2, 0) is 10.0 Å². The molecule has 0 aliphatic rings. The van der Waals surface area contributed by atoms with Gasteiger partial charge in [0.1, 0.15) is 5.75 Å². The molecule has 0 bridgehead atoms. The number of carbonyl (C=O) groups is 1. The van der Waals surface area contributed by atoms with Gasteiger partial charge >= 0.3 is 0 Å². The Morgan fingerprint density at radius 2 is 2.00 bits per heavy atom. The molecule has 0 spiro atoms. The Bertz CT molecular complexity index is 540. The van der Waals surface area contributed by atoms with Crippen LogP contribution in [0.2, 0.25) is 0 Å². The molecule has 0 aliphatic carbocycles. The van der Waals surface area contributed by atoms with Gasteiger partial charge < -0.3 is 10.4 Å². The van der Waals surface area contributed by atoms with Crippen molar-refractivity contribution in [1.82, 2.24) is 10.0 Å². The quantitative estimate of drug-likeness (QED) is 0.656. The fraction of sp³-hybridized carbons (Fsp3) is 0.364. The summed E-state index contributed by atoms with van der Waals surface area (Å²) in [5, 5.41) is 12.2. The molecule has 1 rings (SSSR count). The molecule has 1 aromatic carbocycles. The topological polar surface area (TPSA) is 95.5 Å². The lowest BCUT2D eigenvalue weighted by Crippen LogP contribution is -2.34. The molecule has 100 valence electrons. The maximum Gasteiger partial charge on any atom is 0.255 e. The molecule has 0 saturated heterocycles. The van der Waals surface area contributed by atoms with Crippen LogP contribution < -0.4 is 10.0 Å². The largest absolute Gasteiger partial charge is 0.507 e. The Morgan fingerprint density at radius 3 is 2.61 bits per heavy atom. The van der Waals surface area contributed by atoms with Gasteiger partial charge in [-0.2, -0.15) is 0 Å². The lowest BCUT2D eigenvalue weighted by molar-refractivity contribution is 0.0951. The van der Waals surface area contributed by atoms with Crippen LogP contribution in [0.1, 0.15) is 15.9 Å². The predicted molar refractivity (Wildman–Crippen MR) is 68.0 cm³/mol. The number of aryl methyl sites for hydroxylation is 1. The third kappa shape index (κ3) is 4.34. The van der Waals surface area contributed by atoms with Crippen molar-refractivity contribution < 1.29 is 18.3 Å². The first-order chi connectivity index (χ1) is 8.31. The van der Waals surface area contributed by atoms with E-state index in [0.717, 1.165) is 6.26 Å². The van der Waals surface area contributed by atoms with E-state index in [9.17, 15) is 18.3 Å². The zero-order valence-electron chi connectivity index (χ0n) is 10.2. The van der Waals surface area contributed by atoms with Gasteiger partial charge in [-0.25, -0.2) is 13.1 Å². The number of benzene rings is 1. The lowest BCUT2D eigenvalue weighted by atomic mass is 10.1. The summed E-state index contributed by atoms with van der Waals surface area (Å²) in [5.74, 6) is -0.502. The Kier molecular flexibility index (Phi) is 4.69. The number of para-hydroxylation sites is 1. The zero-order chi connectivity index (χ0) is 13.8. The molecule has 18 heavy (non-hydrogen) atoms. The highest BCUT2D eigenvalue weighted by molar-refractivity contribution is 7.88. The number of phenols is 1. The molecule has 7 heteroatoms. The Hall–Kier alpha value is -1.60. The van der Waals surface area contributed by atoms with Crippen LogP contribution in [0.5, 0.6) is 5.75 Å². The number of amides is 1. The van der Waals surface area contributed by atoms with E-state index >= 15 is 0 Å². The Balaban J connectivity index is 2.54. The highest BCUT2D eigenvalue weighted by atomic mass is 32.2. The van der Waals surface area contributed by atoms with Crippen molar-refractivity contribution in [2.75, 3.05) is 19.3 Å². The van der Waals surface area contributed by atoms with Gasteiger partial charge in [0.25, 0.3) is 5.91 Å². The molecular formula is C11H16N2O4S. The molecule has 0 heterocycles. The number of carbonyl (C=O) groups excluding carboxylic acids is 1. The fourth-order valence-corrected chi connectivity index (χ4v) is 1.82. The number of sulfonamides is 1. The smallest absolute Gasteiger partial charge is 0.255 e. The fourth-order valence-electron chi connectivity index (χ4n) is 1.35. The van der Waals surface area contributed by atoms with E-state index < -0.39 is 15.9 Å². The van der Waals surface area contributed by atoms with E-state index in [1.165, 1.54) is 6.07 Å². The predicted octanol–water partition coefficient (Wildman–Crippen LogP) is -0.0204. The molecule has 0 aromatic heterocycles. The number of hydrogen-bond donors (Lipinski definition) is 3. The summed E-state index contributed by atoms with van der Waals surface area (Å²) in [5.41, 5.74) is 0.784. The number of rotatable bonds is 5. The molecule has 0 atom stereocenters. The van der Waals surface area contributed by atoms with Gasteiger partial charge in [-0.3, -0.25) is 4.79 Å². The normalized spacial score (nSPS) is 11.2. The van der Waals surface area contributed by atoms with E-state index in [0.29, 0.717) is 5.56 Å². The van der Waals surface area contributed by atoms with Crippen LogP contribution in [0.3, 0.4) is 0 Å². The first-order valence-electron chi connectivity index (χ1n) is 5.32. The standard InChI is InChI=1S/C11H16N2O4S/c1-8-4-3-5-9(10(8)14)11(15)12-6-7-13-18(2,16)17/h3-5,13-14H,6-7H2,1-2H3,(H,12,15). The van der Waals surface area contributed by atoms with Crippen molar-refractivity contribution in [3.05, 3.63) is 29.3 Å². The molecular weight excluding hydrogens is 256 g/mol. The van der Waals surface area contributed by atoms with Crippen molar-refractivity contribution in [3.63, 3.8) is 0 Å². The molecule has 1 amide bonds. The molecule has 1 aromatic rings. The monoisotopic (exact) mass is 272 g/mol. The molecule has 0 radical (unpaired) electrons. The van der Waals surface area contributed by atoms with E-state index in [-0.39, 0.29) is 24.4 Å². The minimum atomic E-state index is -3.25. The van der Waals surface area contributed by atoms with Crippen molar-refractivity contribution in [2.24, 2.45) is 0 Å². The average molecular weight is 272 g/mol. The van der Waals surface area contributed by atoms with Crippen LogP contribution in [0.25, 0.3) is 0 Å². The minimum Gasteiger partial charge on any atom is -0.507 e. The first-order valence-corrected chi connectivity index (χ1v) is 7.22. The van der Waals surface area contributed by atoms with Crippen molar-refractivity contribution >= 4 is 15.9 Å². The summed E-state index contributed by atoms with van der Waals surface area (Å²) in [7, 11) is -3.25. The SMILES string of the molecule is Cc1cccc(C(=O)NCCNS(C)(=O)=O)c1O. The minimum absolute atomic E-state index is 0.0638. The third-order valence-electron chi connectivity index (χ3n) is 2.26. The lowest BCUT2D eigenvalue weighted by Gasteiger charge is -2.08. The van der Waals surface area contributed by atoms with Gasteiger partial charge in [0, 0.05) is 13.1 Å². The van der Waals surface area contributed by atoms with Gasteiger partial charge in [-0.1, -0.05) is 12.1 Å². The molecule has 0 unspecified atom stereocenters. The highest BCUT2D eigenvalue weighted by Crippen LogP contribution is 2.20. The number of hydrogen-bond acceptors (Lipinski definition) is 4. The summed E-state index contributed by atoms with van der Waals surface area (Å²) in [6.07, 6.45) is 1.04. The maximum atomic E-state index is 11.7. The van der Waals surface area contributed by atoms with Crippen LogP contribution in [0.15, 0.2) is 18.2 Å². The Morgan fingerprint density at radius 1 is 1.33 bits per heavy atom. The van der Waals surface area contributed by atoms with E-state index in [1.54, 1.807) is 19.1 Å². The highest BCUT2D eigenvalue weighted by Gasteiger charge is 2.11. The van der Waals surface area contributed by atoms with Crippen molar-refractivity contribution in [1.29, 1.82) is 0 Å². The molecule has 6 nitrogen and oxygen atoms in total. The van der Waals surface area contributed by atoms with Gasteiger partial charge in [-0.15, -0.1) is 0 Å². The Labute approximate surface area is 106 Å². The van der Waals surface area contributed by atoms with Gasteiger partial charge in [0.15, 0.2) is 0 Å². The number of phenolic OH excluding ortho intramolecular Hbond substituents is 1. The maximum absolute atomic E-state index is 11.7. The molecule has 0 aliphatic heterocycles. The summed E-state index contributed by atoms with van der Waals surface area (Å²) in [6, 6.07) is 4.86. The average Bonchev–Trinajstić information content (AvgIpc) is 2.26. The second kappa shape index (κ2) is 5.83. The second-order valence-corrected chi connectivity index (χ2v) is 5.73. The third-order valence-corrected chi connectivity index (χ3v) is 2.99. The summed E-state index contributed by atoms with van der Waals surface area (Å²) < 4.78 is 23.8. The van der Waals surface area contributed by atoms with Crippen molar-refractivity contribution in [3.8, 4) is 5.75 Å². The van der Waals surface area contributed by atoms with E-state index in [4.69, 9.17) is 0 Å². The van der Waals surface area contributed by atoms with Crippen LogP contribution in [0, 0.1) is 6.92 Å². The van der Waals surface area contributed by atoms with Gasteiger partial charge in [-0.05, 0) is 18.6 Å². The summed E-state index contributed by atoms with van der Waals surface area (Å²) >= 11 is 0. The van der Waals surface area contributed by atoms with Crippen LogP contribution in [-0.4, -0.2) is 38.8 Å². The van der Waals surface area contributed by atoms with Crippen LogP contribution >= 0.6 is 0 Å². The van der Waals surface area contributed by atoms with E-state index in [1.807, 2.05) is 0 Å². The molecule has 0 saturated carbocycles. The molecule has 0 fully saturated rings. The number of aromatic hydroxyl groups is 1.